The molecular formula is C23H23N3O3. The van der Waals surface area contributed by atoms with Gasteiger partial charge in [-0.3, -0.25) is 14.6 Å². The van der Waals surface area contributed by atoms with Gasteiger partial charge in [-0.25, -0.2) is 0 Å². The number of nitrogens with zero attached hydrogens (tertiary/aromatic N) is 2. The Hall–Kier alpha value is -3.15. The summed E-state index contributed by atoms with van der Waals surface area (Å²) in [5, 5.41) is 4.10. The number of nitrogens with one attached hydrogen (secondary N) is 1. The van der Waals surface area contributed by atoms with Crippen molar-refractivity contribution in [2.75, 3.05) is 13.1 Å². The van der Waals surface area contributed by atoms with Crippen molar-refractivity contribution >= 4 is 22.8 Å². The van der Waals surface area contributed by atoms with Gasteiger partial charge < -0.3 is 14.6 Å². The number of amides is 2. The van der Waals surface area contributed by atoms with E-state index in [9.17, 15) is 9.59 Å². The molecule has 0 bridgehead atoms. The van der Waals surface area contributed by atoms with Crippen molar-refractivity contribution in [2.24, 2.45) is 5.41 Å². The van der Waals surface area contributed by atoms with Crippen LogP contribution in [0.5, 0.6) is 0 Å². The number of para-hydroxylation sites is 1. The number of carbonyl (C=O) groups is 2. The van der Waals surface area contributed by atoms with Gasteiger partial charge in [0.05, 0.1) is 6.42 Å². The summed E-state index contributed by atoms with van der Waals surface area (Å²) in [5.41, 5.74) is 1.66. The fraction of sp³-hybridized carbons (Fsp3) is 0.348. The van der Waals surface area contributed by atoms with Gasteiger partial charge in [0.2, 0.25) is 5.91 Å². The second-order valence-electron chi connectivity index (χ2n) is 8.13. The maximum Gasteiger partial charge on any atom is 0.289 e. The van der Waals surface area contributed by atoms with Crippen LogP contribution in [0.1, 0.15) is 35.5 Å². The van der Waals surface area contributed by atoms with Crippen LogP contribution in [0.3, 0.4) is 0 Å². The summed E-state index contributed by atoms with van der Waals surface area (Å²) in [6.45, 7) is 1.39. The summed E-state index contributed by atoms with van der Waals surface area (Å²) >= 11 is 0. The molecule has 2 aliphatic rings. The zero-order chi connectivity index (χ0) is 19.8. The monoisotopic (exact) mass is 389 g/mol. The van der Waals surface area contributed by atoms with Gasteiger partial charge in [0, 0.05) is 36.4 Å². The van der Waals surface area contributed by atoms with Crippen molar-refractivity contribution in [3.63, 3.8) is 0 Å². The number of carbonyl (C=O) groups excluding carboxylic acids is 2. The molecule has 29 heavy (non-hydrogen) atoms. The average molecular weight is 389 g/mol. The lowest BCUT2D eigenvalue weighted by Crippen LogP contribution is -2.41. The fourth-order valence-corrected chi connectivity index (χ4v) is 4.42. The molecule has 148 valence electrons. The van der Waals surface area contributed by atoms with Gasteiger partial charge in [-0.15, -0.1) is 0 Å². The van der Waals surface area contributed by atoms with E-state index in [-0.39, 0.29) is 23.3 Å². The lowest BCUT2D eigenvalue weighted by Gasteiger charge is -2.32. The Morgan fingerprint density at radius 3 is 2.69 bits per heavy atom. The molecule has 1 saturated heterocycles. The third-order valence-electron chi connectivity index (χ3n) is 6.28. The van der Waals surface area contributed by atoms with Crippen LogP contribution < -0.4 is 5.32 Å². The predicted molar refractivity (Wildman–Crippen MR) is 108 cm³/mol. The van der Waals surface area contributed by atoms with E-state index in [0.29, 0.717) is 25.3 Å². The van der Waals surface area contributed by atoms with Crippen molar-refractivity contribution in [1.82, 2.24) is 15.2 Å². The standard InChI is InChI=1S/C23H23N3O3/c27-21(14-17-6-3-4-10-24-17)25-20-15-23(20)8-11-26(12-9-23)22(28)19-13-16-5-1-2-7-18(16)29-19/h1-7,10,13,20H,8-9,11-12,14-15H2,(H,25,27). The number of hydrogen-bond donors (Lipinski definition) is 1. The molecule has 1 atom stereocenters. The normalized spacial score (nSPS) is 20.0. The Balaban J connectivity index is 1.16. The molecule has 1 unspecified atom stereocenters. The van der Waals surface area contributed by atoms with Crippen molar-refractivity contribution in [2.45, 2.75) is 31.7 Å². The number of hydrogen-bond acceptors (Lipinski definition) is 4. The van der Waals surface area contributed by atoms with Crippen LogP contribution >= 0.6 is 0 Å². The maximum absolute atomic E-state index is 12.8. The van der Waals surface area contributed by atoms with Crippen LogP contribution in [0.25, 0.3) is 11.0 Å². The van der Waals surface area contributed by atoms with Gasteiger partial charge in [0.1, 0.15) is 5.58 Å². The zero-order valence-electron chi connectivity index (χ0n) is 16.1. The summed E-state index contributed by atoms with van der Waals surface area (Å²) in [6, 6.07) is 15.3. The quantitative estimate of drug-likeness (QED) is 0.744. The first kappa shape index (κ1) is 17.9. The molecule has 1 N–H and O–H groups in total. The Kier molecular flexibility index (Phi) is 4.34. The van der Waals surface area contributed by atoms with E-state index < -0.39 is 0 Å². The Morgan fingerprint density at radius 2 is 1.93 bits per heavy atom. The van der Waals surface area contributed by atoms with Gasteiger partial charge in [0.15, 0.2) is 5.76 Å². The van der Waals surface area contributed by atoms with Gasteiger partial charge in [-0.2, -0.15) is 0 Å². The molecule has 3 heterocycles. The lowest BCUT2D eigenvalue weighted by atomic mass is 9.92. The number of aromatic nitrogens is 1. The largest absolute Gasteiger partial charge is 0.451 e. The summed E-state index contributed by atoms with van der Waals surface area (Å²) in [4.78, 5) is 31.2. The van der Waals surface area contributed by atoms with Crippen LogP contribution in [0.4, 0.5) is 0 Å². The number of likely N-dealkylation sites (tertiary alicyclic amines) is 1. The number of benzene rings is 1. The first-order chi connectivity index (χ1) is 14.1. The topological polar surface area (TPSA) is 75.4 Å². The molecule has 1 spiro atoms. The molecule has 1 aromatic carbocycles. The molecule has 2 amide bonds. The second-order valence-corrected chi connectivity index (χ2v) is 8.13. The smallest absolute Gasteiger partial charge is 0.289 e. The predicted octanol–water partition coefficient (Wildman–Crippen LogP) is 3.18. The van der Waals surface area contributed by atoms with Crippen LogP contribution in [-0.2, 0) is 11.2 Å². The maximum atomic E-state index is 12.8. The SMILES string of the molecule is O=C(Cc1ccccn1)NC1CC12CCN(C(=O)c1cc3ccccc3o1)CC2. The number of rotatable bonds is 4. The van der Waals surface area contributed by atoms with Crippen molar-refractivity contribution < 1.29 is 14.0 Å². The molecule has 5 rings (SSSR count). The number of piperidine rings is 1. The molecule has 2 aromatic heterocycles. The van der Waals surface area contributed by atoms with E-state index in [1.807, 2.05) is 53.4 Å². The highest BCUT2D eigenvalue weighted by molar-refractivity contribution is 5.96. The van der Waals surface area contributed by atoms with E-state index in [4.69, 9.17) is 4.42 Å². The van der Waals surface area contributed by atoms with E-state index >= 15 is 0 Å². The Bertz CT molecular complexity index is 1020. The molecule has 6 heteroatoms. The highest BCUT2D eigenvalue weighted by Crippen LogP contribution is 2.54. The second kappa shape index (κ2) is 7.03. The van der Waals surface area contributed by atoms with Crippen molar-refractivity contribution in [1.29, 1.82) is 0 Å². The molecule has 1 aliphatic carbocycles. The summed E-state index contributed by atoms with van der Waals surface area (Å²) in [6.07, 6.45) is 4.83. The number of pyridine rings is 1. The lowest BCUT2D eigenvalue weighted by molar-refractivity contribution is -0.120. The van der Waals surface area contributed by atoms with Gasteiger partial charge in [0.25, 0.3) is 5.91 Å². The van der Waals surface area contributed by atoms with Crippen molar-refractivity contribution in [3.8, 4) is 0 Å². The molecule has 0 radical (unpaired) electrons. The summed E-state index contributed by atoms with van der Waals surface area (Å²) in [7, 11) is 0. The van der Waals surface area contributed by atoms with Gasteiger partial charge >= 0.3 is 0 Å². The van der Waals surface area contributed by atoms with Crippen LogP contribution in [0.15, 0.2) is 59.1 Å². The van der Waals surface area contributed by atoms with E-state index in [0.717, 1.165) is 35.9 Å². The van der Waals surface area contributed by atoms with Crippen molar-refractivity contribution in [3.05, 3.63) is 66.2 Å². The zero-order valence-corrected chi connectivity index (χ0v) is 16.1. The summed E-state index contributed by atoms with van der Waals surface area (Å²) in [5.74, 6) is 0.372. The molecule has 1 aliphatic heterocycles. The number of fused-ring (bicyclic) bond motifs is 1. The fourth-order valence-electron chi connectivity index (χ4n) is 4.42. The van der Waals surface area contributed by atoms with Crippen LogP contribution in [0.2, 0.25) is 0 Å². The minimum atomic E-state index is -0.0487. The molecule has 3 aromatic rings. The number of furan rings is 1. The van der Waals surface area contributed by atoms with Crippen LogP contribution in [0, 0.1) is 5.41 Å². The highest BCUT2D eigenvalue weighted by Gasteiger charge is 2.56. The van der Waals surface area contributed by atoms with E-state index in [1.165, 1.54) is 0 Å². The van der Waals surface area contributed by atoms with E-state index in [2.05, 4.69) is 10.3 Å². The Labute approximate surface area is 168 Å². The van der Waals surface area contributed by atoms with E-state index in [1.54, 1.807) is 6.20 Å². The Morgan fingerprint density at radius 1 is 1.14 bits per heavy atom. The molecule has 2 fully saturated rings. The minimum absolute atomic E-state index is 0.0198. The average Bonchev–Trinajstić information content (AvgIpc) is 3.20. The third-order valence-corrected chi connectivity index (χ3v) is 6.28. The first-order valence-corrected chi connectivity index (χ1v) is 10.1. The van der Waals surface area contributed by atoms with Gasteiger partial charge in [-0.05, 0) is 48.9 Å². The first-order valence-electron chi connectivity index (χ1n) is 10.1. The van der Waals surface area contributed by atoms with Gasteiger partial charge in [-0.1, -0.05) is 24.3 Å². The van der Waals surface area contributed by atoms with Crippen LogP contribution in [-0.4, -0.2) is 40.8 Å². The highest BCUT2D eigenvalue weighted by atomic mass is 16.3. The molecular weight excluding hydrogens is 366 g/mol. The molecule has 6 nitrogen and oxygen atoms in total. The molecule has 1 saturated carbocycles. The summed E-state index contributed by atoms with van der Waals surface area (Å²) < 4.78 is 5.73. The minimum Gasteiger partial charge on any atom is -0.451 e. The third kappa shape index (κ3) is 3.50.